The molecule has 1 heterocycles. The van der Waals surface area contributed by atoms with Gasteiger partial charge in [-0.2, -0.15) is 0 Å². The summed E-state index contributed by atoms with van der Waals surface area (Å²) in [6.45, 7) is 0. The van der Waals surface area contributed by atoms with Crippen molar-refractivity contribution in [3.05, 3.63) is 57.0 Å². The number of imidazole rings is 1. The molecule has 0 atom stereocenters. The first-order valence-electron chi connectivity index (χ1n) is 5.78. The van der Waals surface area contributed by atoms with E-state index in [4.69, 9.17) is 11.6 Å². The molecule has 2 nitrogen and oxygen atoms in total. The molecule has 0 unspecified atom stereocenters. The van der Waals surface area contributed by atoms with Crippen molar-refractivity contribution in [1.82, 2.24) is 9.55 Å². The van der Waals surface area contributed by atoms with Gasteiger partial charge in [0.2, 0.25) is 0 Å². The number of rotatable bonds is 2. The monoisotopic (exact) mass is 416 g/mol. The maximum atomic E-state index is 13.6. The normalized spacial score (nSPS) is 11.2. The summed E-state index contributed by atoms with van der Waals surface area (Å²) in [5, 5.41) is 0. The average Bonchev–Trinajstić information content (AvgIpc) is 2.77. The molecule has 6 heteroatoms. The Labute approximate surface area is 136 Å². The lowest BCUT2D eigenvalue weighted by atomic mass is 10.2. The topological polar surface area (TPSA) is 17.8 Å². The van der Waals surface area contributed by atoms with E-state index in [-0.39, 0.29) is 11.7 Å². The van der Waals surface area contributed by atoms with E-state index in [2.05, 4.69) is 36.8 Å². The van der Waals surface area contributed by atoms with Crippen LogP contribution in [-0.4, -0.2) is 9.55 Å². The Morgan fingerprint density at radius 3 is 2.70 bits per heavy atom. The minimum absolute atomic E-state index is 0.250. The lowest BCUT2D eigenvalue weighted by Crippen LogP contribution is -1.99. The summed E-state index contributed by atoms with van der Waals surface area (Å²) < 4.78 is 16.9. The first-order chi connectivity index (χ1) is 9.60. The van der Waals surface area contributed by atoms with Crippen molar-refractivity contribution in [3.63, 3.8) is 0 Å². The van der Waals surface area contributed by atoms with Gasteiger partial charge in [0.25, 0.3) is 0 Å². The number of nitrogens with zero attached hydrogens (tertiary/aromatic N) is 2. The highest BCUT2D eigenvalue weighted by Crippen LogP contribution is 2.28. The largest absolute Gasteiger partial charge is 0.295 e. The molecule has 0 spiro atoms. The van der Waals surface area contributed by atoms with Gasteiger partial charge in [0.1, 0.15) is 11.6 Å². The molecule has 2 aromatic carbocycles. The van der Waals surface area contributed by atoms with Crippen LogP contribution in [0.2, 0.25) is 0 Å². The lowest BCUT2D eigenvalue weighted by Gasteiger charge is -2.08. The highest BCUT2D eigenvalue weighted by molar-refractivity contribution is 9.10. The third-order valence-corrected chi connectivity index (χ3v) is 4.29. The summed E-state index contributed by atoms with van der Waals surface area (Å²) in [5.74, 6) is 0.593. The van der Waals surface area contributed by atoms with Gasteiger partial charge in [-0.3, -0.25) is 4.57 Å². The first kappa shape index (κ1) is 14.0. The molecule has 0 fully saturated rings. The van der Waals surface area contributed by atoms with E-state index >= 15 is 0 Å². The maximum Gasteiger partial charge on any atom is 0.139 e. The SMILES string of the molecule is Fc1cc2nc(CCl)n(-c3cccc(Br)c3)c2cc1Br. The molecule has 3 aromatic rings. The zero-order valence-corrected chi connectivity index (χ0v) is 14.0. The van der Waals surface area contributed by atoms with Gasteiger partial charge in [0.05, 0.1) is 21.4 Å². The third-order valence-electron chi connectivity index (χ3n) is 2.95. The van der Waals surface area contributed by atoms with Crippen LogP contribution in [0.4, 0.5) is 4.39 Å². The van der Waals surface area contributed by atoms with Gasteiger partial charge in [-0.05, 0) is 40.2 Å². The Hall–Kier alpha value is -0.910. The predicted molar refractivity (Wildman–Crippen MR) is 86.0 cm³/mol. The molecular formula is C14H8Br2ClFN2. The second-order valence-electron chi connectivity index (χ2n) is 4.23. The van der Waals surface area contributed by atoms with E-state index in [0.29, 0.717) is 15.8 Å². The Morgan fingerprint density at radius 1 is 1.20 bits per heavy atom. The maximum absolute atomic E-state index is 13.6. The Balaban J connectivity index is 2.35. The third kappa shape index (κ3) is 2.38. The molecular weight excluding hydrogens is 410 g/mol. The van der Waals surface area contributed by atoms with Crippen molar-refractivity contribution >= 4 is 54.5 Å². The van der Waals surface area contributed by atoms with E-state index in [1.54, 1.807) is 6.07 Å². The van der Waals surface area contributed by atoms with Gasteiger partial charge >= 0.3 is 0 Å². The number of hydrogen-bond donors (Lipinski definition) is 0. The smallest absolute Gasteiger partial charge is 0.139 e. The van der Waals surface area contributed by atoms with Gasteiger partial charge < -0.3 is 0 Å². The molecule has 0 saturated carbocycles. The van der Waals surface area contributed by atoms with Crippen LogP contribution in [-0.2, 0) is 5.88 Å². The van der Waals surface area contributed by atoms with E-state index in [0.717, 1.165) is 15.7 Å². The lowest BCUT2D eigenvalue weighted by molar-refractivity contribution is 0.623. The number of benzene rings is 2. The minimum Gasteiger partial charge on any atom is -0.295 e. The molecule has 20 heavy (non-hydrogen) atoms. The fourth-order valence-electron chi connectivity index (χ4n) is 2.12. The van der Waals surface area contributed by atoms with Crippen LogP contribution in [0, 0.1) is 5.82 Å². The van der Waals surface area contributed by atoms with E-state index in [1.807, 2.05) is 28.8 Å². The quantitative estimate of drug-likeness (QED) is 0.508. The van der Waals surface area contributed by atoms with Crippen molar-refractivity contribution in [3.8, 4) is 5.69 Å². The standard InChI is InChI=1S/C14H8Br2ClFN2/c15-8-2-1-3-9(4-8)20-13-5-10(16)11(18)6-12(13)19-14(20)7-17/h1-6H,7H2. The van der Waals surface area contributed by atoms with Crippen LogP contribution < -0.4 is 0 Å². The second kappa shape index (κ2) is 5.47. The molecule has 102 valence electrons. The highest BCUT2D eigenvalue weighted by atomic mass is 79.9. The van der Waals surface area contributed by atoms with Crippen molar-refractivity contribution in [2.45, 2.75) is 5.88 Å². The Kier molecular flexibility index (Phi) is 3.84. The summed E-state index contributed by atoms with van der Waals surface area (Å²) in [6.07, 6.45) is 0. The molecule has 0 saturated heterocycles. The van der Waals surface area contributed by atoms with Crippen LogP contribution in [0.3, 0.4) is 0 Å². The van der Waals surface area contributed by atoms with Crippen LogP contribution in [0.25, 0.3) is 16.7 Å². The number of fused-ring (bicyclic) bond motifs is 1. The van der Waals surface area contributed by atoms with Crippen LogP contribution in [0.1, 0.15) is 5.82 Å². The fourth-order valence-corrected chi connectivity index (χ4v) is 3.01. The average molecular weight is 418 g/mol. The van der Waals surface area contributed by atoms with E-state index in [9.17, 15) is 4.39 Å². The molecule has 0 amide bonds. The second-order valence-corrected chi connectivity index (χ2v) is 6.27. The van der Waals surface area contributed by atoms with Crippen LogP contribution >= 0.6 is 43.5 Å². The molecule has 1 aromatic heterocycles. The summed E-state index contributed by atoms with van der Waals surface area (Å²) in [6, 6.07) is 10.9. The zero-order chi connectivity index (χ0) is 14.3. The molecule has 0 bridgehead atoms. The summed E-state index contributed by atoms with van der Waals surface area (Å²) >= 11 is 12.6. The molecule has 3 rings (SSSR count). The van der Waals surface area contributed by atoms with Gasteiger partial charge in [0.15, 0.2) is 0 Å². The first-order valence-corrected chi connectivity index (χ1v) is 7.90. The van der Waals surface area contributed by atoms with E-state index < -0.39 is 0 Å². The highest BCUT2D eigenvalue weighted by Gasteiger charge is 2.14. The summed E-state index contributed by atoms with van der Waals surface area (Å²) in [4.78, 5) is 4.39. The van der Waals surface area contributed by atoms with Crippen LogP contribution in [0.15, 0.2) is 45.3 Å². The van der Waals surface area contributed by atoms with Gasteiger partial charge in [-0.15, -0.1) is 11.6 Å². The molecule has 0 aliphatic rings. The minimum atomic E-state index is -0.336. The summed E-state index contributed by atoms with van der Waals surface area (Å²) in [5.41, 5.74) is 2.32. The van der Waals surface area contributed by atoms with Gasteiger partial charge in [-0.25, -0.2) is 9.37 Å². The number of alkyl halides is 1. The molecule has 0 radical (unpaired) electrons. The Morgan fingerprint density at radius 2 is 2.00 bits per heavy atom. The fraction of sp³-hybridized carbons (Fsp3) is 0.0714. The van der Waals surface area contributed by atoms with Gasteiger partial charge in [0, 0.05) is 16.2 Å². The van der Waals surface area contributed by atoms with Crippen molar-refractivity contribution in [1.29, 1.82) is 0 Å². The summed E-state index contributed by atoms with van der Waals surface area (Å²) in [7, 11) is 0. The molecule has 0 N–H and O–H groups in total. The molecule has 0 aliphatic heterocycles. The number of halogens is 4. The van der Waals surface area contributed by atoms with Crippen molar-refractivity contribution in [2.24, 2.45) is 0 Å². The number of aromatic nitrogens is 2. The van der Waals surface area contributed by atoms with Crippen LogP contribution in [0.5, 0.6) is 0 Å². The zero-order valence-electron chi connectivity index (χ0n) is 10.1. The molecule has 0 aliphatic carbocycles. The van der Waals surface area contributed by atoms with Crippen molar-refractivity contribution < 1.29 is 4.39 Å². The number of hydrogen-bond acceptors (Lipinski definition) is 1. The Bertz CT molecular complexity index is 801. The predicted octanol–water partition coefficient (Wildman–Crippen LogP) is 5.43. The van der Waals surface area contributed by atoms with E-state index in [1.165, 1.54) is 6.07 Å². The van der Waals surface area contributed by atoms with Gasteiger partial charge in [-0.1, -0.05) is 22.0 Å². The van der Waals surface area contributed by atoms with Crippen molar-refractivity contribution in [2.75, 3.05) is 0 Å².